The highest BCUT2D eigenvalue weighted by atomic mass is 32.2. The minimum atomic E-state index is -3.47. The summed E-state index contributed by atoms with van der Waals surface area (Å²) >= 11 is 0. The molecule has 25 heavy (non-hydrogen) atoms. The van der Waals surface area contributed by atoms with Gasteiger partial charge in [-0.3, -0.25) is 0 Å². The Morgan fingerprint density at radius 2 is 1.56 bits per heavy atom. The maximum Gasteiger partial charge on any atom is 0.243 e. The summed E-state index contributed by atoms with van der Waals surface area (Å²) < 4.78 is 38.1. The molecule has 3 aliphatic heterocycles. The van der Waals surface area contributed by atoms with E-state index in [4.69, 9.17) is 9.47 Å². The zero-order chi connectivity index (χ0) is 17.3. The third-order valence-electron chi connectivity index (χ3n) is 5.56. The first-order chi connectivity index (χ1) is 12.1. The molecule has 0 unspecified atom stereocenters. The Morgan fingerprint density at radius 1 is 0.880 bits per heavy atom. The van der Waals surface area contributed by atoms with E-state index in [0.717, 1.165) is 12.8 Å². The van der Waals surface area contributed by atoms with Gasteiger partial charge in [-0.25, -0.2) is 8.42 Å². The summed E-state index contributed by atoms with van der Waals surface area (Å²) in [5.41, 5.74) is 0. The van der Waals surface area contributed by atoms with Crippen molar-refractivity contribution in [1.29, 1.82) is 0 Å². The van der Waals surface area contributed by atoms with Crippen molar-refractivity contribution in [3.8, 4) is 11.5 Å². The molecule has 6 nitrogen and oxygen atoms in total. The minimum Gasteiger partial charge on any atom is -0.454 e. The molecule has 7 heteroatoms. The smallest absolute Gasteiger partial charge is 0.243 e. The quantitative estimate of drug-likeness (QED) is 0.822. The summed E-state index contributed by atoms with van der Waals surface area (Å²) in [6.07, 6.45) is 7.04. The van der Waals surface area contributed by atoms with Crippen molar-refractivity contribution < 1.29 is 17.9 Å². The highest BCUT2D eigenvalue weighted by molar-refractivity contribution is 7.89. The summed E-state index contributed by atoms with van der Waals surface area (Å²) in [5, 5.41) is 0. The number of fused-ring (bicyclic) bond motifs is 1. The van der Waals surface area contributed by atoms with E-state index >= 15 is 0 Å². The number of ether oxygens (including phenoxy) is 2. The van der Waals surface area contributed by atoms with Crippen LogP contribution in [-0.2, 0) is 10.0 Å². The molecule has 3 aliphatic rings. The van der Waals surface area contributed by atoms with Gasteiger partial charge in [0.15, 0.2) is 11.5 Å². The van der Waals surface area contributed by atoms with Crippen LogP contribution in [0.1, 0.15) is 38.5 Å². The molecule has 0 aromatic heterocycles. The number of rotatable bonds is 3. The fraction of sp³-hybridized carbons (Fsp3) is 0.667. The zero-order valence-corrected chi connectivity index (χ0v) is 15.3. The van der Waals surface area contributed by atoms with Crippen LogP contribution in [0, 0.1) is 0 Å². The van der Waals surface area contributed by atoms with Crippen LogP contribution in [-0.4, -0.2) is 56.6 Å². The molecule has 2 fully saturated rings. The van der Waals surface area contributed by atoms with Gasteiger partial charge in [-0.2, -0.15) is 4.31 Å². The molecule has 1 aromatic rings. The maximum atomic E-state index is 12.9. The fourth-order valence-electron chi connectivity index (χ4n) is 4.09. The Kier molecular flexibility index (Phi) is 4.88. The second-order valence-electron chi connectivity index (χ2n) is 7.10. The van der Waals surface area contributed by atoms with Gasteiger partial charge in [-0.1, -0.05) is 12.8 Å². The van der Waals surface area contributed by atoms with Crippen molar-refractivity contribution >= 4 is 10.0 Å². The van der Waals surface area contributed by atoms with Crippen molar-refractivity contribution in [3.05, 3.63) is 18.2 Å². The molecule has 0 amide bonds. The number of hydrogen-bond donors (Lipinski definition) is 0. The average Bonchev–Trinajstić information content (AvgIpc) is 2.94. The molecule has 4 rings (SSSR count). The van der Waals surface area contributed by atoms with Crippen LogP contribution in [0.3, 0.4) is 0 Å². The van der Waals surface area contributed by atoms with Crippen molar-refractivity contribution in [1.82, 2.24) is 9.21 Å². The molecule has 0 aliphatic carbocycles. The van der Waals surface area contributed by atoms with Gasteiger partial charge >= 0.3 is 0 Å². The molecule has 1 aromatic carbocycles. The Labute approximate surface area is 149 Å². The van der Waals surface area contributed by atoms with Crippen molar-refractivity contribution in [2.24, 2.45) is 0 Å². The second-order valence-corrected chi connectivity index (χ2v) is 9.04. The third kappa shape index (κ3) is 3.50. The molecule has 0 spiro atoms. The van der Waals surface area contributed by atoms with Crippen LogP contribution in [0.2, 0.25) is 0 Å². The van der Waals surface area contributed by atoms with Crippen molar-refractivity contribution in [2.75, 3.05) is 33.0 Å². The van der Waals surface area contributed by atoms with E-state index in [-0.39, 0.29) is 6.79 Å². The van der Waals surface area contributed by atoms with E-state index in [9.17, 15) is 8.42 Å². The van der Waals surface area contributed by atoms with Gasteiger partial charge in [-0.15, -0.1) is 0 Å². The van der Waals surface area contributed by atoms with Gasteiger partial charge in [-0.05, 0) is 50.9 Å². The van der Waals surface area contributed by atoms with Gasteiger partial charge in [0.1, 0.15) is 0 Å². The van der Waals surface area contributed by atoms with Gasteiger partial charge in [0, 0.05) is 25.2 Å². The van der Waals surface area contributed by atoms with Gasteiger partial charge in [0.25, 0.3) is 0 Å². The van der Waals surface area contributed by atoms with E-state index in [0.29, 0.717) is 35.5 Å². The molecular formula is C18H26N2O4S. The molecule has 0 bridgehead atoms. The topological polar surface area (TPSA) is 59.1 Å². The maximum absolute atomic E-state index is 12.9. The summed E-state index contributed by atoms with van der Waals surface area (Å²) in [6.45, 7) is 3.68. The predicted molar refractivity (Wildman–Crippen MR) is 94.4 cm³/mol. The Hall–Kier alpha value is -1.31. The third-order valence-corrected chi connectivity index (χ3v) is 7.46. The summed E-state index contributed by atoms with van der Waals surface area (Å²) in [4.78, 5) is 2.88. The van der Waals surface area contributed by atoms with Crippen LogP contribution in [0.25, 0.3) is 0 Å². The van der Waals surface area contributed by atoms with E-state index in [1.54, 1.807) is 22.5 Å². The molecule has 0 radical (unpaired) electrons. The lowest BCUT2D eigenvalue weighted by Gasteiger charge is -2.37. The molecule has 0 N–H and O–H groups in total. The number of hydrogen-bond acceptors (Lipinski definition) is 5. The van der Waals surface area contributed by atoms with Crippen molar-refractivity contribution in [2.45, 2.75) is 49.5 Å². The standard InChI is InChI=1S/C18H26N2O4S/c21-25(22,16-5-6-17-18(13-16)24-14-23-17)20-11-7-15(8-12-20)19-9-3-1-2-4-10-19/h5-6,13,15H,1-4,7-12,14H2. The van der Waals surface area contributed by atoms with E-state index in [1.165, 1.54) is 38.8 Å². The van der Waals surface area contributed by atoms with Crippen LogP contribution in [0.5, 0.6) is 11.5 Å². The SMILES string of the molecule is O=S(=O)(c1ccc2c(c1)OCO2)N1CCC(N2CCCCCC2)CC1. The summed E-state index contributed by atoms with van der Waals surface area (Å²) in [7, 11) is -3.47. The summed E-state index contributed by atoms with van der Waals surface area (Å²) in [6, 6.07) is 5.41. The van der Waals surface area contributed by atoms with E-state index < -0.39 is 10.0 Å². The Morgan fingerprint density at radius 3 is 2.28 bits per heavy atom. The van der Waals surface area contributed by atoms with Gasteiger partial charge < -0.3 is 14.4 Å². The minimum absolute atomic E-state index is 0.153. The number of benzene rings is 1. The van der Waals surface area contributed by atoms with Crippen molar-refractivity contribution in [3.63, 3.8) is 0 Å². The van der Waals surface area contributed by atoms with Gasteiger partial charge in [0.05, 0.1) is 4.90 Å². The second kappa shape index (κ2) is 7.13. The molecular weight excluding hydrogens is 340 g/mol. The monoisotopic (exact) mass is 366 g/mol. The number of nitrogens with zero attached hydrogens (tertiary/aromatic N) is 2. The Bertz CT molecular complexity index is 706. The predicted octanol–water partition coefficient (Wildman–Crippen LogP) is 2.44. The number of sulfonamides is 1. The first-order valence-corrected chi connectivity index (χ1v) is 10.7. The molecule has 0 atom stereocenters. The average molecular weight is 366 g/mol. The highest BCUT2D eigenvalue weighted by Crippen LogP contribution is 2.35. The van der Waals surface area contributed by atoms with Crippen LogP contribution in [0.4, 0.5) is 0 Å². The first-order valence-electron chi connectivity index (χ1n) is 9.28. The Balaban J connectivity index is 1.42. The number of piperidine rings is 1. The highest BCUT2D eigenvalue weighted by Gasteiger charge is 2.32. The van der Waals surface area contributed by atoms with E-state index in [1.807, 2.05) is 0 Å². The van der Waals surface area contributed by atoms with E-state index in [2.05, 4.69) is 4.90 Å². The lowest BCUT2D eigenvalue weighted by atomic mass is 10.0. The molecule has 138 valence electrons. The van der Waals surface area contributed by atoms with Crippen LogP contribution in [0.15, 0.2) is 23.1 Å². The normalized spacial score (nSPS) is 23.5. The van der Waals surface area contributed by atoms with Gasteiger partial charge in [0.2, 0.25) is 16.8 Å². The first kappa shape index (κ1) is 17.1. The zero-order valence-electron chi connectivity index (χ0n) is 14.5. The number of likely N-dealkylation sites (tertiary alicyclic amines) is 1. The molecule has 2 saturated heterocycles. The summed E-state index contributed by atoms with van der Waals surface area (Å²) in [5.74, 6) is 1.12. The lowest BCUT2D eigenvalue weighted by Crippen LogP contribution is -2.46. The van der Waals surface area contributed by atoms with Crippen LogP contribution < -0.4 is 9.47 Å². The largest absolute Gasteiger partial charge is 0.454 e. The molecule has 3 heterocycles. The van der Waals surface area contributed by atoms with Crippen LogP contribution >= 0.6 is 0 Å². The lowest BCUT2D eigenvalue weighted by molar-refractivity contribution is 0.144. The fourth-order valence-corrected chi connectivity index (χ4v) is 5.58. The molecule has 0 saturated carbocycles.